The van der Waals surface area contributed by atoms with Crippen molar-refractivity contribution in [2.24, 2.45) is 0 Å². The summed E-state index contributed by atoms with van der Waals surface area (Å²) < 4.78 is 18.9. The molecule has 1 atom stereocenters. The molecule has 4 nitrogen and oxygen atoms in total. The zero-order valence-electron chi connectivity index (χ0n) is 11.9. The zero-order valence-corrected chi connectivity index (χ0v) is 11.9. The third-order valence-corrected chi connectivity index (χ3v) is 3.18. The Kier molecular flexibility index (Phi) is 4.42. The molecule has 0 fully saturated rings. The highest BCUT2D eigenvalue weighted by Crippen LogP contribution is 2.22. The van der Waals surface area contributed by atoms with E-state index in [9.17, 15) is 9.18 Å². The number of carbonyl (C=O) groups excluding carboxylic acids is 1. The molecule has 0 saturated carbocycles. The number of nitrogens with two attached hydrogens (primary N) is 1. The van der Waals surface area contributed by atoms with E-state index in [1.54, 1.807) is 31.2 Å². The molecule has 0 heterocycles. The minimum atomic E-state index is -0.619. The fraction of sp³-hybridized carbons (Fsp3) is 0.188. The van der Waals surface area contributed by atoms with E-state index in [4.69, 9.17) is 10.5 Å². The summed E-state index contributed by atoms with van der Waals surface area (Å²) in [5.41, 5.74) is 7.07. The molecule has 0 aliphatic carbocycles. The molecular formula is C16H17FN2O2. The predicted molar refractivity (Wildman–Crippen MR) is 79.7 cm³/mol. The normalized spacial score (nSPS) is 11.8. The van der Waals surface area contributed by atoms with Gasteiger partial charge in [0.15, 0.2) is 0 Å². The Balaban J connectivity index is 2.22. The van der Waals surface area contributed by atoms with Gasteiger partial charge in [-0.3, -0.25) is 4.79 Å². The molecule has 0 bridgehead atoms. The Morgan fingerprint density at radius 2 is 2.00 bits per heavy atom. The van der Waals surface area contributed by atoms with Crippen molar-refractivity contribution in [2.45, 2.75) is 13.0 Å². The first kappa shape index (κ1) is 14.8. The average molecular weight is 288 g/mol. The van der Waals surface area contributed by atoms with Crippen LogP contribution in [-0.2, 0) is 0 Å². The zero-order chi connectivity index (χ0) is 15.4. The van der Waals surface area contributed by atoms with Crippen LogP contribution in [0.5, 0.6) is 5.75 Å². The molecule has 0 saturated heterocycles. The van der Waals surface area contributed by atoms with Crippen LogP contribution in [0.2, 0.25) is 0 Å². The van der Waals surface area contributed by atoms with Crippen LogP contribution in [0.4, 0.5) is 10.1 Å². The van der Waals surface area contributed by atoms with Gasteiger partial charge in [-0.25, -0.2) is 4.39 Å². The van der Waals surface area contributed by atoms with Crippen LogP contribution in [-0.4, -0.2) is 13.0 Å². The summed E-state index contributed by atoms with van der Waals surface area (Å²) in [6.07, 6.45) is 0. The molecule has 3 N–H and O–H groups in total. The van der Waals surface area contributed by atoms with Crippen molar-refractivity contribution in [3.8, 4) is 5.75 Å². The summed E-state index contributed by atoms with van der Waals surface area (Å²) >= 11 is 0. The molecular weight excluding hydrogens is 271 g/mol. The highest BCUT2D eigenvalue weighted by Gasteiger charge is 2.19. The van der Waals surface area contributed by atoms with Crippen LogP contribution < -0.4 is 15.8 Å². The predicted octanol–water partition coefficient (Wildman–Crippen LogP) is 2.91. The fourth-order valence-corrected chi connectivity index (χ4v) is 2.08. The lowest BCUT2D eigenvalue weighted by Gasteiger charge is -2.16. The number of nitrogen functional groups attached to an aromatic ring is 1. The second-order valence-electron chi connectivity index (χ2n) is 4.68. The lowest BCUT2D eigenvalue weighted by Crippen LogP contribution is -2.28. The Bertz CT molecular complexity index is 658. The van der Waals surface area contributed by atoms with Crippen LogP contribution in [0.1, 0.15) is 28.9 Å². The van der Waals surface area contributed by atoms with Crippen LogP contribution >= 0.6 is 0 Å². The minimum absolute atomic E-state index is 0.101. The van der Waals surface area contributed by atoms with Crippen LogP contribution in [0.25, 0.3) is 0 Å². The summed E-state index contributed by atoms with van der Waals surface area (Å²) in [7, 11) is 1.40. The third-order valence-electron chi connectivity index (χ3n) is 3.18. The number of benzene rings is 2. The number of nitrogens with one attached hydrogen (secondary N) is 1. The van der Waals surface area contributed by atoms with E-state index in [2.05, 4.69) is 5.32 Å². The molecule has 1 unspecified atom stereocenters. The van der Waals surface area contributed by atoms with E-state index in [0.717, 1.165) is 5.56 Å². The Morgan fingerprint density at radius 1 is 1.29 bits per heavy atom. The first-order valence-electron chi connectivity index (χ1n) is 6.51. The number of amides is 1. The topological polar surface area (TPSA) is 64.3 Å². The number of anilines is 1. The van der Waals surface area contributed by atoms with Gasteiger partial charge in [0.2, 0.25) is 0 Å². The third kappa shape index (κ3) is 3.31. The molecule has 0 radical (unpaired) electrons. The van der Waals surface area contributed by atoms with Crippen LogP contribution in [0.3, 0.4) is 0 Å². The first-order valence-corrected chi connectivity index (χ1v) is 6.51. The first-order chi connectivity index (χ1) is 10.0. The molecule has 1 amide bonds. The van der Waals surface area contributed by atoms with Gasteiger partial charge < -0.3 is 15.8 Å². The monoisotopic (exact) mass is 288 g/mol. The number of ether oxygens (including phenoxy) is 1. The highest BCUT2D eigenvalue weighted by atomic mass is 19.1. The van der Waals surface area contributed by atoms with Gasteiger partial charge in [-0.2, -0.15) is 0 Å². The van der Waals surface area contributed by atoms with E-state index >= 15 is 0 Å². The van der Waals surface area contributed by atoms with Gasteiger partial charge >= 0.3 is 0 Å². The van der Waals surface area contributed by atoms with Gasteiger partial charge in [0.25, 0.3) is 5.91 Å². The molecule has 0 aromatic heterocycles. The van der Waals surface area contributed by atoms with Gasteiger partial charge in [-0.05, 0) is 36.8 Å². The number of methoxy groups -OCH3 is 1. The van der Waals surface area contributed by atoms with Gasteiger partial charge in [-0.15, -0.1) is 0 Å². The van der Waals surface area contributed by atoms with E-state index in [-0.39, 0.29) is 17.4 Å². The van der Waals surface area contributed by atoms with Crippen LogP contribution in [0.15, 0.2) is 42.5 Å². The minimum Gasteiger partial charge on any atom is -0.496 e. The van der Waals surface area contributed by atoms with Crippen molar-refractivity contribution in [1.29, 1.82) is 0 Å². The largest absolute Gasteiger partial charge is 0.496 e. The molecule has 2 rings (SSSR count). The Labute approximate surface area is 122 Å². The van der Waals surface area contributed by atoms with Crippen LogP contribution in [0, 0.1) is 5.82 Å². The number of hydrogen-bond donors (Lipinski definition) is 2. The second kappa shape index (κ2) is 6.26. The summed E-state index contributed by atoms with van der Waals surface area (Å²) in [5, 5.41) is 2.74. The second-order valence-corrected chi connectivity index (χ2v) is 4.68. The lowest BCUT2D eigenvalue weighted by molar-refractivity contribution is 0.0932. The average Bonchev–Trinajstić information content (AvgIpc) is 2.46. The molecule has 0 aliphatic heterocycles. The Morgan fingerprint density at radius 3 is 2.67 bits per heavy atom. The quantitative estimate of drug-likeness (QED) is 0.850. The van der Waals surface area contributed by atoms with Crippen molar-refractivity contribution in [2.75, 3.05) is 12.8 Å². The van der Waals surface area contributed by atoms with Crippen molar-refractivity contribution < 1.29 is 13.9 Å². The number of carbonyl (C=O) groups is 1. The van der Waals surface area contributed by atoms with E-state index in [0.29, 0.717) is 5.69 Å². The van der Waals surface area contributed by atoms with Gasteiger partial charge in [0.05, 0.1) is 13.2 Å². The van der Waals surface area contributed by atoms with Crippen molar-refractivity contribution >= 4 is 11.6 Å². The summed E-state index contributed by atoms with van der Waals surface area (Å²) in [6.45, 7) is 1.81. The number of rotatable bonds is 4. The van der Waals surface area contributed by atoms with Gasteiger partial charge in [0, 0.05) is 5.69 Å². The fourth-order valence-electron chi connectivity index (χ4n) is 2.08. The molecule has 2 aromatic rings. The maximum absolute atomic E-state index is 13.8. The van der Waals surface area contributed by atoms with Crippen molar-refractivity contribution in [3.63, 3.8) is 0 Å². The van der Waals surface area contributed by atoms with E-state index in [1.807, 2.05) is 6.07 Å². The number of hydrogen-bond acceptors (Lipinski definition) is 3. The molecule has 2 aromatic carbocycles. The summed E-state index contributed by atoms with van der Waals surface area (Å²) in [5.74, 6) is -0.946. The van der Waals surface area contributed by atoms with Crippen molar-refractivity contribution in [1.82, 2.24) is 5.32 Å². The van der Waals surface area contributed by atoms with E-state index in [1.165, 1.54) is 19.2 Å². The van der Waals surface area contributed by atoms with E-state index < -0.39 is 11.7 Å². The molecule has 21 heavy (non-hydrogen) atoms. The Hall–Kier alpha value is -2.56. The molecule has 0 aliphatic rings. The molecule has 5 heteroatoms. The molecule has 110 valence electrons. The smallest absolute Gasteiger partial charge is 0.258 e. The maximum atomic E-state index is 13.8. The van der Waals surface area contributed by atoms with Crippen molar-refractivity contribution in [3.05, 3.63) is 59.4 Å². The van der Waals surface area contributed by atoms with Gasteiger partial charge in [-0.1, -0.05) is 18.2 Å². The lowest BCUT2D eigenvalue weighted by atomic mass is 10.1. The maximum Gasteiger partial charge on any atom is 0.258 e. The number of halogens is 1. The SMILES string of the molecule is COc1cccc(F)c1C(=O)NC(C)c1cccc(N)c1. The summed E-state index contributed by atoms with van der Waals surface area (Å²) in [4.78, 5) is 12.3. The van der Waals surface area contributed by atoms with Gasteiger partial charge in [0.1, 0.15) is 17.1 Å². The summed E-state index contributed by atoms with van der Waals surface area (Å²) in [6, 6.07) is 11.1. The standard InChI is InChI=1S/C16H17FN2O2/c1-10(11-5-3-6-12(18)9-11)19-16(20)15-13(17)7-4-8-14(15)21-2/h3-10H,18H2,1-2H3,(H,19,20). The highest BCUT2D eigenvalue weighted by molar-refractivity contribution is 5.97. The molecule has 0 spiro atoms.